The molecule has 0 aliphatic rings. The molecule has 0 spiro atoms. The number of carboxylic acids is 1. The summed E-state index contributed by atoms with van der Waals surface area (Å²) in [5, 5.41) is 20.5. The summed E-state index contributed by atoms with van der Waals surface area (Å²) in [6.07, 6.45) is 3.21. The first-order chi connectivity index (χ1) is 8.15. The highest BCUT2D eigenvalue weighted by atomic mass is 16.4. The molecule has 0 radical (unpaired) electrons. The minimum atomic E-state index is -0.829. The van der Waals surface area contributed by atoms with E-state index >= 15 is 0 Å². The summed E-state index contributed by atoms with van der Waals surface area (Å²) in [5.74, 6) is -0.228. The standard InChI is InChI=1S/C12H15N3O2/c1-2-3-10(6-12(16)17)15-11-5-4-9(7-13)8-14-11/h4-5,8,10H,2-3,6H2,1H3,(H,14,15)(H,16,17). The van der Waals surface area contributed by atoms with E-state index < -0.39 is 5.97 Å². The van der Waals surface area contributed by atoms with Gasteiger partial charge in [0, 0.05) is 12.2 Å². The Labute approximate surface area is 100 Å². The van der Waals surface area contributed by atoms with Crippen LogP contribution in [0.15, 0.2) is 18.3 Å². The lowest BCUT2D eigenvalue weighted by Gasteiger charge is -2.16. The maximum absolute atomic E-state index is 10.7. The Kier molecular flexibility index (Phi) is 4.95. The topological polar surface area (TPSA) is 86.0 Å². The third-order valence-corrected chi connectivity index (χ3v) is 2.30. The van der Waals surface area contributed by atoms with Gasteiger partial charge in [0.2, 0.25) is 0 Å². The molecule has 1 unspecified atom stereocenters. The number of carboxylic acid groups (broad SMARTS) is 1. The zero-order valence-electron chi connectivity index (χ0n) is 9.68. The van der Waals surface area contributed by atoms with Gasteiger partial charge in [0.1, 0.15) is 11.9 Å². The molecule has 1 rings (SSSR count). The first-order valence-electron chi connectivity index (χ1n) is 5.50. The van der Waals surface area contributed by atoms with Crippen LogP contribution in [0.5, 0.6) is 0 Å². The molecule has 1 aromatic rings. The second kappa shape index (κ2) is 6.48. The van der Waals surface area contributed by atoms with Crippen molar-refractivity contribution in [2.45, 2.75) is 32.2 Å². The monoisotopic (exact) mass is 233 g/mol. The Morgan fingerprint density at radius 3 is 2.88 bits per heavy atom. The van der Waals surface area contributed by atoms with Gasteiger partial charge in [0.05, 0.1) is 12.0 Å². The normalized spacial score (nSPS) is 11.5. The van der Waals surface area contributed by atoms with Gasteiger partial charge >= 0.3 is 5.97 Å². The molecule has 1 atom stereocenters. The summed E-state index contributed by atoms with van der Waals surface area (Å²) in [4.78, 5) is 14.7. The second-order valence-electron chi connectivity index (χ2n) is 3.77. The van der Waals surface area contributed by atoms with E-state index in [1.165, 1.54) is 6.20 Å². The number of aliphatic carboxylic acids is 1. The van der Waals surface area contributed by atoms with Gasteiger partial charge in [0.25, 0.3) is 0 Å². The summed E-state index contributed by atoms with van der Waals surface area (Å²) >= 11 is 0. The van der Waals surface area contributed by atoms with Crippen molar-refractivity contribution in [3.05, 3.63) is 23.9 Å². The fourth-order valence-electron chi connectivity index (χ4n) is 1.54. The highest BCUT2D eigenvalue weighted by Gasteiger charge is 2.12. The van der Waals surface area contributed by atoms with Gasteiger partial charge in [-0.3, -0.25) is 4.79 Å². The number of hydrogen-bond acceptors (Lipinski definition) is 4. The summed E-state index contributed by atoms with van der Waals surface area (Å²) in [7, 11) is 0. The molecule has 0 aliphatic heterocycles. The predicted molar refractivity (Wildman–Crippen MR) is 63.5 cm³/mol. The fourth-order valence-corrected chi connectivity index (χ4v) is 1.54. The number of hydrogen-bond donors (Lipinski definition) is 2. The van der Waals surface area contributed by atoms with Crippen LogP contribution in [0.25, 0.3) is 0 Å². The zero-order valence-corrected chi connectivity index (χ0v) is 9.68. The van der Waals surface area contributed by atoms with E-state index in [-0.39, 0.29) is 12.5 Å². The Bertz CT molecular complexity index is 409. The maximum Gasteiger partial charge on any atom is 0.305 e. The van der Waals surface area contributed by atoms with Crippen molar-refractivity contribution in [2.24, 2.45) is 0 Å². The average Bonchev–Trinajstić information content (AvgIpc) is 2.29. The van der Waals surface area contributed by atoms with E-state index in [1.54, 1.807) is 12.1 Å². The minimum absolute atomic E-state index is 0.0650. The number of nitrogens with one attached hydrogen (secondary N) is 1. The summed E-state index contributed by atoms with van der Waals surface area (Å²) in [6, 6.07) is 5.19. The molecule has 1 heterocycles. The zero-order chi connectivity index (χ0) is 12.7. The van der Waals surface area contributed by atoms with Crippen molar-refractivity contribution in [3.63, 3.8) is 0 Å². The lowest BCUT2D eigenvalue weighted by atomic mass is 10.1. The number of pyridine rings is 1. The van der Waals surface area contributed by atoms with Gasteiger partial charge in [-0.1, -0.05) is 13.3 Å². The molecule has 90 valence electrons. The maximum atomic E-state index is 10.7. The smallest absolute Gasteiger partial charge is 0.305 e. The molecule has 0 fully saturated rings. The largest absolute Gasteiger partial charge is 0.481 e. The molecule has 0 amide bonds. The van der Waals surface area contributed by atoms with Gasteiger partial charge < -0.3 is 10.4 Å². The number of carbonyl (C=O) groups is 1. The number of aromatic nitrogens is 1. The Morgan fingerprint density at radius 1 is 1.65 bits per heavy atom. The van der Waals surface area contributed by atoms with E-state index in [4.69, 9.17) is 10.4 Å². The summed E-state index contributed by atoms with van der Waals surface area (Å²) < 4.78 is 0. The van der Waals surface area contributed by atoms with Crippen molar-refractivity contribution in [1.82, 2.24) is 4.98 Å². The van der Waals surface area contributed by atoms with Crippen LogP contribution in [-0.2, 0) is 4.79 Å². The molecular weight excluding hydrogens is 218 g/mol. The van der Waals surface area contributed by atoms with Gasteiger partial charge in [-0.25, -0.2) is 4.98 Å². The van der Waals surface area contributed by atoms with Crippen molar-refractivity contribution in [2.75, 3.05) is 5.32 Å². The highest BCUT2D eigenvalue weighted by Crippen LogP contribution is 2.11. The molecular formula is C12H15N3O2. The van der Waals surface area contributed by atoms with Gasteiger partial charge in [-0.05, 0) is 18.6 Å². The minimum Gasteiger partial charge on any atom is -0.481 e. The SMILES string of the molecule is CCCC(CC(=O)O)Nc1ccc(C#N)cn1. The van der Waals surface area contributed by atoms with Crippen LogP contribution in [-0.4, -0.2) is 22.1 Å². The van der Waals surface area contributed by atoms with E-state index in [1.807, 2.05) is 13.0 Å². The van der Waals surface area contributed by atoms with Crippen molar-refractivity contribution < 1.29 is 9.90 Å². The number of anilines is 1. The molecule has 0 saturated carbocycles. The lowest BCUT2D eigenvalue weighted by Crippen LogP contribution is -2.23. The van der Waals surface area contributed by atoms with Crippen LogP contribution in [0.3, 0.4) is 0 Å². The van der Waals surface area contributed by atoms with E-state index in [2.05, 4.69) is 10.3 Å². The van der Waals surface area contributed by atoms with Crippen LogP contribution < -0.4 is 5.32 Å². The summed E-state index contributed by atoms with van der Waals surface area (Å²) in [6.45, 7) is 2.00. The number of rotatable bonds is 6. The quantitative estimate of drug-likeness (QED) is 0.784. The van der Waals surface area contributed by atoms with E-state index in [0.717, 1.165) is 12.8 Å². The number of nitriles is 1. The predicted octanol–water partition coefficient (Wildman–Crippen LogP) is 2.01. The molecule has 17 heavy (non-hydrogen) atoms. The highest BCUT2D eigenvalue weighted by molar-refractivity contribution is 5.68. The Hall–Kier alpha value is -2.09. The van der Waals surface area contributed by atoms with Crippen LogP contribution in [0, 0.1) is 11.3 Å². The second-order valence-corrected chi connectivity index (χ2v) is 3.77. The molecule has 0 aromatic carbocycles. The average molecular weight is 233 g/mol. The van der Waals surface area contributed by atoms with E-state index in [0.29, 0.717) is 11.4 Å². The van der Waals surface area contributed by atoms with Gasteiger partial charge in [-0.2, -0.15) is 5.26 Å². The molecule has 1 aromatic heterocycles. The number of nitrogens with zero attached hydrogens (tertiary/aromatic N) is 2. The van der Waals surface area contributed by atoms with Crippen molar-refractivity contribution >= 4 is 11.8 Å². The van der Waals surface area contributed by atoms with Crippen molar-refractivity contribution in [1.29, 1.82) is 5.26 Å². The molecule has 0 bridgehead atoms. The molecule has 0 aliphatic carbocycles. The molecule has 5 heteroatoms. The first-order valence-corrected chi connectivity index (χ1v) is 5.50. The first kappa shape index (κ1) is 13.0. The Balaban J connectivity index is 2.65. The van der Waals surface area contributed by atoms with Gasteiger partial charge in [-0.15, -0.1) is 0 Å². The van der Waals surface area contributed by atoms with E-state index in [9.17, 15) is 4.79 Å². The van der Waals surface area contributed by atoms with Crippen LogP contribution >= 0.6 is 0 Å². The van der Waals surface area contributed by atoms with Crippen LogP contribution in [0.2, 0.25) is 0 Å². The third-order valence-electron chi connectivity index (χ3n) is 2.30. The van der Waals surface area contributed by atoms with Crippen LogP contribution in [0.4, 0.5) is 5.82 Å². The lowest BCUT2D eigenvalue weighted by molar-refractivity contribution is -0.137. The Morgan fingerprint density at radius 2 is 2.41 bits per heavy atom. The van der Waals surface area contributed by atoms with Gasteiger partial charge in [0.15, 0.2) is 0 Å². The van der Waals surface area contributed by atoms with Crippen LogP contribution in [0.1, 0.15) is 31.7 Å². The fraction of sp³-hybridized carbons (Fsp3) is 0.417. The molecule has 0 saturated heterocycles. The summed E-state index contributed by atoms with van der Waals surface area (Å²) in [5.41, 5.74) is 0.487. The van der Waals surface area contributed by atoms with Crippen molar-refractivity contribution in [3.8, 4) is 6.07 Å². The molecule has 2 N–H and O–H groups in total. The molecule has 5 nitrogen and oxygen atoms in total. The third kappa shape index (κ3) is 4.51.